The second-order valence-electron chi connectivity index (χ2n) is 3.90. The molecule has 2 rings (SSSR count). The molecule has 0 aromatic heterocycles. The molecule has 4 unspecified atom stereocenters. The second-order valence-corrected chi connectivity index (χ2v) is 3.90. The molecule has 2 aliphatic rings. The number of hydrogen-bond acceptors (Lipinski definition) is 4. The Bertz CT molecular complexity index is 370. The number of carbonyl (C=O) groups excluding carboxylic acids is 2. The predicted molar refractivity (Wildman–Crippen MR) is 47.5 cm³/mol. The van der Waals surface area contributed by atoms with Crippen molar-refractivity contribution in [3.63, 3.8) is 0 Å². The molecule has 5 nitrogen and oxygen atoms in total. The summed E-state index contributed by atoms with van der Waals surface area (Å²) in [5, 5.41) is 9.01. The summed E-state index contributed by atoms with van der Waals surface area (Å²) in [4.78, 5) is 33.6. The van der Waals surface area contributed by atoms with Crippen molar-refractivity contribution in [3.8, 4) is 0 Å². The highest BCUT2D eigenvalue weighted by atomic mass is 16.6. The van der Waals surface area contributed by atoms with Gasteiger partial charge < -0.3 is 9.84 Å². The number of carbonyl (C=O) groups is 3. The minimum Gasteiger partial charge on any atom is -0.481 e. The third-order valence-corrected chi connectivity index (χ3v) is 2.99. The zero-order valence-electron chi connectivity index (χ0n) is 8.04. The van der Waals surface area contributed by atoms with Crippen LogP contribution in [0, 0.1) is 23.7 Å². The maximum absolute atomic E-state index is 11.3. The van der Waals surface area contributed by atoms with Crippen molar-refractivity contribution in [1.29, 1.82) is 0 Å². The van der Waals surface area contributed by atoms with Crippen LogP contribution in [0.2, 0.25) is 0 Å². The van der Waals surface area contributed by atoms with Crippen LogP contribution in [0.4, 0.5) is 0 Å². The lowest BCUT2D eigenvalue weighted by Gasteiger charge is -2.26. The fourth-order valence-electron chi connectivity index (χ4n) is 2.22. The fourth-order valence-corrected chi connectivity index (χ4v) is 2.22. The molecule has 1 saturated heterocycles. The molecule has 1 N–H and O–H groups in total. The Balaban J connectivity index is 2.41. The first-order valence-electron chi connectivity index (χ1n) is 4.69. The van der Waals surface area contributed by atoms with Gasteiger partial charge in [0.15, 0.2) is 0 Å². The lowest BCUT2D eigenvalue weighted by molar-refractivity contribution is -0.157. The first-order valence-corrected chi connectivity index (χ1v) is 4.69. The third kappa shape index (κ3) is 1.35. The van der Waals surface area contributed by atoms with Gasteiger partial charge in [-0.25, -0.2) is 0 Å². The minimum absolute atomic E-state index is 0.262. The summed E-state index contributed by atoms with van der Waals surface area (Å²) in [5.74, 6) is -5.10. The van der Waals surface area contributed by atoms with Gasteiger partial charge in [0, 0.05) is 0 Å². The number of cyclic esters (lactones) is 2. The molecule has 0 radical (unpaired) electrons. The lowest BCUT2D eigenvalue weighted by Crippen LogP contribution is -2.37. The molecule has 1 aliphatic heterocycles. The molecule has 15 heavy (non-hydrogen) atoms. The van der Waals surface area contributed by atoms with Crippen LogP contribution in [-0.4, -0.2) is 23.0 Å². The molecule has 0 saturated carbocycles. The molecule has 1 fully saturated rings. The van der Waals surface area contributed by atoms with Gasteiger partial charge in [0.05, 0.1) is 17.8 Å². The highest BCUT2D eigenvalue weighted by molar-refractivity contribution is 6.00. The van der Waals surface area contributed by atoms with Crippen LogP contribution in [0.15, 0.2) is 12.2 Å². The Morgan fingerprint density at radius 1 is 1.33 bits per heavy atom. The average molecular weight is 210 g/mol. The van der Waals surface area contributed by atoms with E-state index in [-0.39, 0.29) is 5.92 Å². The van der Waals surface area contributed by atoms with Crippen LogP contribution in [0.1, 0.15) is 6.92 Å². The molecule has 0 amide bonds. The van der Waals surface area contributed by atoms with Gasteiger partial charge in [-0.15, -0.1) is 0 Å². The van der Waals surface area contributed by atoms with Crippen molar-refractivity contribution in [1.82, 2.24) is 0 Å². The number of esters is 2. The van der Waals surface area contributed by atoms with E-state index in [0.717, 1.165) is 0 Å². The number of carboxylic acids is 1. The molecule has 5 heteroatoms. The van der Waals surface area contributed by atoms with Crippen molar-refractivity contribution in [2.24, 2.45) is 23.7 Å². The summed E-state index contributed by atoms with van der Waals surface area (Å²) in [6, 6.07) is 0. The van der Waals surface area contributed by atoms with E-state index in [1.54, 1.807) is 19.1 Å². The van der Waals surface area contributed by atoms with E-state index in [0.29, 0.717) is 0 Å². The van der Waals surface area contributed by atoms with Gasteiger partial charge in [0.1, 0.15) is 0 Å². The van der Waals surface area contributed by atoms with E-state index >= 15 is 0 Å². The van der Waals surface area contributed by atoms with Gasteiger partial charge in [-0.1, -0.05) is 19.1 Å². The van der Waals surface area contributed by atoms with E-state index in [4.69, 9.17) is 5.11 Å². The van der Waals surface area contributed by atoms with Crippen LogP contribution >= 0.6 is 0 Å². The topological polar surface area (TPSA) is 80.7 Å². The van der Waals surface area contributed by atoms with Crippen LogP contribution in [-0.2, 0) is 19.1 Å². The molecular formula is C10H10O5. The van der Waals surface area contributed by atoms with Gasteiger partial charge in [-0.05, 0) is 5.92 Å². The first kappa shape index (κ1) is 9.89. The molecule has 0 spiro atoms. The number of hydrogen-bond donors (Lipinski definition) is 1. The van der Waals surface area contributed by atoms with E-state index < -0.39 is 35.7 Å². The molecule has 0 aromatic rings. The molecule has 4 atom stereocenters. The SMILES string of the molecule is CC1C=CC2C(=O)OC(=O)C2C1C(=O)O. The van der Waals surface area contributed by atoms with Crippen molar-refractivity contribution in [2.75, 3.05) is 0 Å². The average Bonchev–Trinajstić information content (AvgIpc) is 2.41. The number of rotatable bonds is 1. The maximum Gasteiger partial charge on any atom is 0.321 e. The van der Waals surface area contributed by atoms with E-state index in [1.165, 1.54) is 0 Å². The normalized spacial score (nSPS) is 38.7. The number of aliphatic carboxylic acids is 1. The second kappa shape index (κ2) is 3.18. The largest absolute Gasteiger partial charge is 0.481 e. The highest BCUT2D eigenvalue weighted by Gasteiger charge is 2.52. The quantitative estimate of drug-likeness (QED) is 0.380. The summed E-state index contributed by atoms with van der Waals surface area (Å²) >= 11 is 0. The van der Waals surface area contributed by atoms with Gasteiger partial charge in [0.25, 0.3) is 0 Å². The van der Waals surface area contributed by atoms with Crippen LogP contribution in [0.3, 0.4) is 0 Å². The summed E-state index contributed by atoms with van der Waals surface area (Å²) in [7, 11) is 0. The van der Waals surface area contributed by atoms with E-state index in [2.05, 4.69) is 4.74 Å². The Hall–Kier alpha value is -1.65. The number of allylic oxidation sites excluding steroid dienone is 1. The predicted octanol–water partition coefficient (Wildman–Crippen LogP) is 0.209. The fraction of sp³-hybridized carbons (Fsp3) is 0.500. The maximum atomic E-state index is 11.3. The molecule has 1 heterocycles. The van der Waals surface area contributed by atoms with Crippen molar-refractivity contribution in [2.45, 2.75) is 6.92 Å². The zero-order chi connectivity index (χ0) is 11.2. The van der Waals surface area contributed by atoms with Gasteiger partial charge in [-0.2, -0.15) is 0 Å². The van der Waals surface area contributed by atoms with Gasteiger partial charge in [0.2, 0.25) is 0 Å². The Labute approximate surface area is 85.7 Å². The van der Waals surface area contributed by atoms with E-state index in [9.17, 15) is 14.4 Å². The van der Waals surface area contributed by atoms with Crippen LogP contribution in [0.5, 0.6) is 0 Å². The van der Waals surface area contributed by atoms with Gasteiger partial charge in [-0.3, -0.25) is 14.4 Å². The van der Waals surface area contributed by atoms with Crippen LogP contribution in [0.25, 0.3) is 0 Å². The third-order valence-electron chi connectivity index (χ3n) is 2.99. The van der Waals surface area contributed by atoms with Crippen molar-refractivity contribution in [3.05, 3.63) is 12.2 Å². The summed E-state index contributed by atoms with van der Waals surface area (Å²) < 4.78 is 4.44. The van der Waals surface area contributed by atoms with Gasteiger partial charge >= 0.3 is 17.9 Å². The molecule has 0 bridgehead atoms. The molecular weight excluding hydrogens is 200 g/mol. The summed E-state index contributed by atoms with van der Waals surface area (Å²) in [6.45, 7) is 1.71. The van der Waals surface area contributed by atoms with Crippen molar-refractivity contribution >= 4 is 17.9 Å². The van der Waals surface area contributed by atoms with Crippen molar-refractivity contribution < 1.29 is 24.2 Å². The number of ether oxygens (including phenoxy) is 1. The van der Waals surface area contributed by atoms with E-state index in [1.807, 2.05) is 0 Å². The Morgan fingerprint density at radius 3 is 2.60 bits per heavy atom. The zero-order valence-corrected chi connectivity index (χ0v) is 8.04. The molecule has 0 aromatic carbocycles. The number of fused-ring (bicyclic) bond motifs is 1. The minimum atomic E-state index is -1.06. The summed E-state index contributed by atoms with van der Waals surface area (Å²) in [5.41, 5.74) is 0. The highest BCUT2D eigenvalue weighted by Crippen LogP contribution is 2.39. The molecule has 1 aliphatic carbocycles. The lowest BCUT2D eigenvalue weighted by atomic mass is 9.72. The standard InChI is InChI=1S/C10H10O5/c1-4-2-3-5-7(6(4)8(11)12)10(14)15-9(5)13/h2-7H,1H3,(H,11,12). The monoisotopic (exact) mass is 210 g/mol. The van der Waals surface area contributed by atoms with Crippen LogP contribution < -0.4 is 0 Å². The Morgan fingerprint density at radius 2 is 2.00 bits per heavy atom. The first-order chi connectivity index (χ1) is 7.02. The number of carboxylic acid groups (broad SMARTS) is 1. The molecule has 80 valence electrons. The smallest absolute Gasteiger partial charge is 0.321 e. The summed E-state index contributed by atoms with van der Waals surface area (Å²) in [6.07, 6.45) is 3.22. The Kier molecular flexibility index (Phi) is 2.10.